The van der Waals surface area contributed by atoms with Crippen molar-refractivity contribution in [3.63, 3.8) is 0 Å². The second kappa shape index (κ2) is 5.95. The van der Waals surface area contributed by atoms with Gasteiger partial charge in [0.2, 0.25) is 5.91 Å². The number of anilines is 1. The summed E-state index contributed by atoms with van der Waals surface area (Å²) in [6.07, 6.45) is 1.37. The summed E-state index contributed by atoms with van der Waals surface area (Å²) in [5.74, 6) is -1.84. The number of primary amides is 1. The van der Waals surface area contributed by atoms with Gasteiger partial charge < -0.3 is 21.1 Å². The summed E-state index contributed by atoms with van der Waals surface area (Å²) in [6, 6.07) is 5.83. The number of piperidine rings is 1. The fourth-order valence-electron chi connectivity index (χ4n) is 3.29. The highest BCUT2D eigenvalue weighted by molar-refractivity contribution is 6.44. The second-order valence-electron chi connectivity index (χ2n) is 6.09. The number of carbonyl (C=O) groups excluding carboxylic acids is 2. The molecule has 2 amide bonds. The average Bonchev–Trinajstić information content (AvgIpc) is 3.21. The molecule has 0 bridgehead atoms. The Morgan fingerprint density at radius 2 is 2.00 bits per heavy atom. The van der Waals surface area contributed by atoms with Crippen LogP contribution >= 0.6 is 0 Å². The molecule has 1 saturated carbocycles. The van der Waals surface area contributed by atoms with Crippen LogP contribution in [0.5, 0.6) is 0 Å². The van der Waals surface area contributed by atoms with Gasteiger partial charge in [0.1, 0.15) is 11.8 Å². The summed E-state index contributed by atoms with van der Waals surface area (Å²) >= 11 is 0. The largest absolute Gasteiger partial charge is 0.480 e. The van der Waals surface area contributed by atoms with Gasteiger partial charge in [0.15, 0.2) is 0 Å². The molecule has 1 aliphatic carbocycles. The molecule has 0 spiro atoms. The van der Waals surface area contributed by atoms with E-state index in [1.165, 1.54) is 4.90 Å². The number of benzene rings is 1. The molecule has 1 aliphatic heterocycles. The van der Waals surface area contributed by atoms with Crippen LogP contribution in [-0.2, 0) is 14.4 Å². The van der Waals surface area contributed by atoms with Crippen molar-refractivity contribution >= 4 is 29.2 Å². The number of rotatable bonds is 6. The van der Waals surface area contributed by atoms with E-state index < -0.39 is 17.9 Å². The molecule has 3 rings (SSSR count). The van der Waals surface area contributed by atoms with Gasteiger partial charge in [-0.25, -0.2) is 4.79 Å². The SMILES string of the molecule is N=C(C(N)=O)c1ccccc1NCC(=O)N1[C@@H]2CC2C[C@H]1C(=O)O. The Balaban J connectivity index is 1.70. The molecule has 2 fully saturated rings. The Morgan fingerprint density at radius 3 is 2.67 bits per heavy atom. The van der Waals surface area contributed by atoms with Crippen LogP contribution in [0.1, 0.15) is 18.4 Å². The Labute approximate surface area is 138 Å². The first-order valence-electron chi connectivity index (χ1n) is 7.65. The molecule has 1 saturated heterocycles. The molecule has 5 N–H and O–H groups in total. The Bertz CT molecular complexity index is 733. The minimum Gasteiger partial charge on any atom is -0.480 e. The molecule has 3 atom stereocenters. The number of nitrogens with two attached hydrogens (primary N) is 1. The van der Waals surface area contributed by atoms with Crippen LogP contribution < -0.4 is 11.1 Å². The number of nitrogens with one attached hydrogen (secondary N) is 2. The van der Waals surface area contributed by atoms with Crippen LogP contribution in [0.3, 0.4) is 0 Å². The number of nitrogens with zero attached hydrogens (tertiary/aromatic N) is 1. The Hall–Kier alpha value is -2.90. The van der Waals surface area contributed by atoms with Crippen molar-refractivity contribution in [2.75, 3.05) is 11.9 Å². The van der Waals surface area contributed by atoms with E-state index >= 15 is 0 Å². The summed E-state index contributed by atoms with van der Waals surface area (Å²) in [5, 5.41) is 19.8. The van der Waals surface area contributed by atoms with Crippen LogP contribution in [0, 0.1) is 11.3 Å². The minimum atomic E-state index is -0.980. The number of hydrogen-bond donors (Lipinski definition) is 4. The fraction of sp³-hybridized carbons (Fsp3) is 0.375. The molecule has 24 heavy (non-hydrogen) atoms. The van der Waals surface area contributed by atoms with Gasteiger partial charge in [0.25, 0.3) is 5.91 Å². The van der Waals surface area contributed by atoms with Crippen LogP contribution in [0.15, 0.2) is 24.3 Å². The molecule has 126 valence electrons. The lowest BCUT2D eigenvalue weighted by Crippen LogP contribution is -2.45. The number of aliphatic carboxylic acids is 1. The lowest BCUT2D eigenvalue weighted by Gasteiger charge is -2.25. The number of hydrogen-bond acceptors (Lipinski definition) is 5. The summed E-state index contributed by atoms with van der Waals surface area (Å²) in [6.45, 7) is -0.101. The number of carboxylic acids is 1. The molecule has 1 heterocycles. The van der Waals surface area contributed by atoms with E-state index in [-0.39, 0.29) is 24.2 Å². The Morgan fingerprint density at radius 1 is 1.29 bits per heavy atom. The summed E-state index contributed by atoms with van der Waals surface area (Å²) < 4.78 is 0. The zero-order chi connectivity index (χ0) is 17.4. The number of para-hydroxylation sites is 1. The number of carbonyl (C=O) groups is 3. The van der Waals surface area contributed by atoms with Crippen molar-refractivity contribution < 1.29 is 19.5 Å². The van der Waals surface area contributed by atoms with E-state index in [0.717, 1.165) is 6.42 Å². The zero-order valence-corrected chi connectivity index (χ0v) is 12.9. The van der Waals surface area contributed by atoms with Gasteiger partial charge in [-0.15, -0.1) is 0 Å². The lowest BCUT2D eigenvalue weighted by atomic mass is 10.1. The third-order valence-electron chi connectivity index (χ3n) is 4.55. The van der Waals surface area contributed by atoms with E-state index in [1.54, 1.807) is 24.3 Å². The first kappa shape index (κ1) is 16.0. The van der Waals surface area contributed by atoms with Crippen LogP contribution in [0.2, 0.25) is 0 Å². The number of fused-ring (bicyclic) bond motifs is 1. The van der Waals surface area contributed by atoms with Gasteiger partial charge in [-0.1, -0.05) is 18.2 Å². The molecular weight excluding hydrogens is 312 g/mol. The van der Waals surface area contributed by atoms with Crippen molar-refractivity contribution in [2.45, 2.75) is 24.9 Å². The van der Waals surface area contributed by atoms with Crippen molar-refractivity contribution in [2.24, 2.45) is 11.7 Å². The van der Waals surface area contributed by atoms with E-state index in [1.807, 2.05) is 0 Å². The zero-order valence-electron chi connectivity index (χ0n) is 12.9. The van der Waals surface area contributed by atoms with Crippen LogP contribution in [-0.4, -0.2) is 52.1 Å². The molecular formula is C16H18N4O4. The summed E-state index contributed by atoms with van der Waals surface area (Å²) in [4.78, 5) is 36.4. The Kier molecular flexibility index (Phi) is 3.96. The van der Waals surface area contributed by atoms with E-state index in [2.05, 4.69) is 5.32 Å². The third kappa shape index (κ3) is 2.82. The normalized spacial score (nSPS) is 24.2. The van der Waals surface area contributed by atoms with Crippen molar-refractivity contribution in [1.82, 2.24) is 4.90 Å². The molecule has 2 aliphatic rings. The van der Waals surface area contributed by atoms with E-state index in [9.17, 15) is 19.5 Å². The van der Waals surface area contributed by atoms with Gasteiger partial charge >= 0.3 is 5.97 Å². The maximum atomic E-state index is 12.4. The first-order valence-corrected chi connectivity index (χ1v) is 7.65. The number of amides is 2. The topological polar surface area (TPSA) is 137 Å². The standard InChI is InChI=1S/C16H18N4O4/c17-14(15(18)22)9-3-1-2-4-10(9)19-7-13(21)20-11-5-8(11)6-12(20)16(23)24/h1-4,8,11-12,17,19H,5-7H2,(H2,18,22)(H,23,24)/t8?,11-,12+/m1/s1. The molecule has 8 nitrogen and oxygen atoms in total. The van der Waals surface area contributed by atoms with Crippen molar-refractivity contribution in [1.29, 1.82) is 5.41 Å². The van der Waals surface area contributed by atoms with E-state index in [0.29, 0.717) is 23.6 Å². The van der Waals surface area contributed by atoms with Crippen molar-refractivity contribution in [3.05, 3.63) is 29.8 Å². The van der Waals surface area contributed by atoms with Crippen LogP contribution in [0.4, 0.5) is 5.69 Å². The highest BCUT2D eigenvalue weighted by atomic mass is 16.4. The average molecular weight is 330 g/mol. The van der Waals surface area contributed by atoms with Gasteiger partial charge in [-0.05, 0) is 24.8 Å². The molecule has 8 heteroatoms. The maximum Gasteiger partial charge on any atom is 0.326 e. The maximum absolute atomic E-state index is 12.4. The second-order valence-corrected chi connectivity index (χ2v) is 6.09. The lowest BCUT2D eigenvalue weighted by molar-refractivity contribution is -0.148. The van der Waals surface area contributed by atoms with Crippen LogP contribution in [0.25, 0.3) is 0 Å². The predicted octanol–water partition coefficient (Wildman–Crippen LogP) is 0.0257. The highest BCUT2D eigenvalue weighted by Gasteiger charge is 2.56. The van der Waals surface area contributed by atoms with Gasteiger partial charge in [0, 0.05) is 17.3 Å². The molecule has 1 aromatic rings. The number of likely N-dealkylation sites (tertiary alicyclic amines) is 1. The smallest absolute Gasteiger partial charge is 0.326 e. The molecule has 1 unspecified atom stereocenters. The van der Waals surface area contributed by atoms with Gasteiger partial charge in [-0.2, -0.15) is 0 Å². The van der Waals surface area contributed by atoms with Gasteiger partial charge in [0.05, 0.1) is 6.54 Å². The van der Waals surface area contributed by atoms with Crippen molar-refractivity contribution in [3.8, 4) is 0 Å². The quantitative estimate of drug-likeness (QED) is 0.545. The fourth-order valence-corrected chi connectivity index (χ4v) is 3.29. The highest BCUT2D eigenvalue weighted by Crippen LogP contribution is 2.47. The summed E-state index contributed by atoms with van der Waals surface area (Å²) in [7, 11) is 0. The minimum absolute atomic E-state index is 0.0274. The third-order valence-corrected chi connectivity index (χ3v) is 4.55. The molecule has 0 aromatic heterocycles. The molecule has 1 aromatic carbocycles. The predicted molar refractivity (Wildman–Crippen MR) is 85.7 cm³/mol. The first-order chi connectivity index (χ1) is 11.4. The number of carboxylic acid groups (broad SMARTS) is 1. The van der Waals surface area contributed by atoms with Gasteiger partial charge in [-0.3, -0.25) is 15.0 Å². The molecule has 0 radical (unpaired) electrons. The summed E-state index contributed by atoms with van der Waals surface area (Å²) in [5.41, 5.74) is 5.53. The van der Waals surface area contributed by atoms with E-state index in [4.69, 9.17) is 11.1 Å². The monoisotopic (exact) mass is 330 g/mol.